The Labute approximate surface area is 432 Å². The number of likely N-dealkylation sites (tertiary alicyclic amines) is 2. The third kappa shape index (κ3) is 10.2. The predicted octanol–water partition coefficient (Wildman–Crippen LogP) is 6.79. The van der Waals surface area contributed by atoms with E-state index in [2.05, 4.69) is 31.2 Å². The van der Waals surface area contributed by atoms with Crippen LogP contribution in [0.2, 0.25) is 0 Å². The van der Waals surface area contributed by atoms with Gasteiger partial charge in [0, 0.05) is 71.7 Å². The van der Waals surface area contributed by atoms with Crippen molar-refractivity contribution in [2.45, 2.75) is 108 Å². The summed E-state index contributed by atoms with van der Waals surface area (Å²) in [7, 11) is 1.73. The first kappa shape index (κ1) is 51.1. The number of H-pyrrole nitrogens is 1. The number of aromatic amines is 1. The largest absolute Gasteiger partial charge is 0.491 e. The quantitative estimate of drug-likeness (QED) is 0.0472. The van der Waals surface area contributed by atoms with Crippen LogP contribution in [-0.4, -0.2) is 129 Å². The van der Waals surface area contributed by atoms with Crippen molar-refractivity contribution in [3.8, 4) is 5.75 Å². The van der Waals surface area contributed by atoms with Gasteiger partial charge in [-0.3, -0.25) is 33.8 Å². The number of anilines is 1. The second-order valence-electron chi connectivity index (χ2n) is 20.8. The highest BCUT2D eigenvalue weighted by atomic mass is 32.1. The van der Waals surface area contributed by atoms with Gasteiger partial charge in [-0.25, -0.2) is 13.8 Å². The van der Waals surface area contributed by atoms with E-state index in [4.69, 9.17) is 14.5 Å². The molecule has 3 aromatic heterocycles. The van der Waals surface area contributed by atoms with Gasteiger partial charge in [-0.1, -0.05) is 68.7 Å². The summed E-state index contributed by atoms with van der Waals surface area (Å²) in [4.78, 5) is 76.0. The topological polar surface area (TPSA) is 206 Å². The van der Waals surface area contributed by atoms with Crippen molar-refractivity contribution in [3.63, 3.8) is 0 Å². The van der Waals surface area contributed by atoms with Crippen molar-refractivity contribution < 1.29 is 42.2 Å². The van der Waals surface area contributed by atoms with Crippen LogP contribution >= 0.6 is 11.3 Å². The van der Waals surface area contributed by atoms with Crippen molar-refractivity contribution in [2.24, 2.45) is 23.2 Å². The first-order valence-corrected chi connectivity index (χ1v) is 26.8. The third-order valence-corrected chi connectivity index (χ3v) is 17.1. The van der Waals surface area contributed by atoms with Gasteiger partial charge >= 0.3 is 0 Å². The molecule has 2 saturated carbocycles. The number of carbonyl (C=O) groups is 5. The van der Waals surface area contributed by atoms with Crippen LogP contribution in [0.25, 0.3) is 0 Å². The summed E-state index contributed by atoms with van der Waals surface area (Å²) in [6.07, 6.45) is 10.3. The van der Waals surface area contributed by atoms with E-state index in [9.17, 15) is 32.8 Å². The van der Waals surface area contributed by atoms with E-state index in [1.165, 1.54) is 11.3 Å². The van der Waals surface area contributed by atoms with Gasteiger partial charge in [-0.15, -0.1) is 11.3 Å². The minimum atomic E-state index is -2.77. The Morgan fingerprint density at radius 1 is 0.959 bits per heavy atom. The number of rotatable bonds is 20. The Kier molecular flexibility index (Phi) is 14.8. The van der Waals surface area contributed by atoms with E-state index >= 15 is 0 Å². The number of amides is 4. The van der Waals surface area contributed by atoms with Crippen molar-refractivity contribution in [2.75, 3.05) is 51.8 Å². The van der Waals surface area contributed by atoms with Gasteiger partial charge in [-0.05, 0) is 69.7 Å². The summed E-state index contributed by atoms with van der Waals surface area (Å²) in [5, 5.41) is 23.0. The highest BCUT2D eigenvalue weighted by Gasteiger charge is 2.78. The number of ketones is 1. The molecular weight excluding hydrogens is 971 g/mol. The van der Waals surface area contributed by atoms with Crippen LogP contribution in [0.4, 0.5) is 14.5 Å². The second-order valence-corrected chi connectivity index (χ2v) is 21.7. The lowest BCUT2D eigenvalue weighted by Crippen LogP contribution is -2.55. The summed E-state index contributed by atoms with van der Waals surface area (Å²) in [6, 6.07) is 15.2. The Morgan fingerprint density at radius 2 is 1.76 bits per heavy atom. The summed E-state index contributed by atoms with van der Waals surface area (Å²) >= 11 is 1.37. The molecule has 4 amide bonds. The van der Waals surface area contributed by atoms with Crippen LogP contribution in [0.5, 0.6) is 5.75 Å². The number of likely N-dealkylation sites (N-methyl/N-ethyl adjacent to an activating group) is 1. The van der Waals surface area contributed by atoms with Crippen molar-refractivity contribution in [3.05, 3.63) is 111 Å². The van der Waals surface area contributed by atoms with Gasteiger partial charge in [0.05, 0.1) is 49.6 Å². The molecule has 4 N–H and O–H groups in total. The fraction of sp³-hybridized carbons (Fsp3) is 0.519. The Balaban J connectivity index is 0.673. The first-order chi connectivity index (χ1) is 35.7. The van der Waals surface area contributed by atoms with E-state index in [1.54, 1.807) is 72.5 Å². The molecule has 3 aliphatic carbocycles. The number of nitrogens with one attached hydrogen (secondary N) is 4. The van der Waals surface area contributed by atoms with Crippen LogP contribution in [0.1, 0.15) is 126 Å². The first-order valence-electron chi connectivity index (χ1n) is 25.9. The van der Waals surface area contributed by atoms with Crippen LogP contribution in [0.15, 0.2) is 72.4 Å². The van der Waals surface area contributed by atoms with Gasteiger partial charge in [0.15, 0.2) is 5.69 Å². The van der Waals surface area contributed by atoms with Crippen LogP contribution in [-0.2, 0) is 32.0 Å². The molecule has 2 aromatic carbocycles. The molecule has 5 aliphatic rings. The number of nitrogens with zero attached hydrogens (tertiary/aromatic N) is 6. The Hall–Kier alpha value is -6.38. The third-order valence-electron chi connectivity index (χ3n) is 16.1. The molecule has 6 atom stereocenters. The van der Waals surface area contributed by atoms with E-state index in [0.29, 0.717) is 58.6 Å². The number of benzene rings is 2. The molecule has 2 saturated heterocycles. The predicted molar refractivity (Wildman–Crippen MR) is 271 cm³/mol. The maximum Gasteiger partial charge on any atom is 0.276 e. The zero-order valence-corrected chi connectivity index (χ0v) is 42.8. The van der Waals surface area contributed by atoms with Gasteiger partial charge in [-0.2, -0.15) is 10.2 Å². The van der Waals surface area contributed by atoms with E-state index in [1.807, 2.05) is 35.2 Å². The average Bonchev–Trinajstić information content (AvgIpc) is 4.18. The fourth-order valence-electron chi connectivity index (χ4n) is 11.5. The fourth-order valence-corrected chi connectivity index (χ4v) is 12.5. The number of aromatic nitrogens is 5. The monoisotopic (exact) mass is 1030 g/mol. The SMILES string of the molecule is CNC(C)C(=O)NC(C(=O)N1CCC[C@@H]1c1nc(C(=O)c2cccc(OCCOCCC(=O)N3CC(C(c4ccccc4)n4cc(NC(=O)c5n[nH]c6c5C[C@@H]5C(F)(F)[C@]5(C)C6)cn4)C3)c2)cs1)C1CCCCC1. The van der Waals surface area contributed by atoms with Crippen LogP contribution in [0, 0.1) is 23.2 Å². The lowest BCUT2D eigenvalue weighted by atomic mass is 9.83. The molecule has 4 fully saturated rings. The van der Waals surface area contributed by atoms with Gasteiger partial charge in [0.2, 0.25) is 23.5 Å². The molecule has 10 rings (SSSR count). The number of hydrogen-bond donors (Lipinski definition) is 4. The number of carbonyl (C=O) groups excluding carboxylic acids is 5. The Bertz CT molecular complexity index is 2860. The van der Waals surface area contributed by atoms with Crippen LogP contribution in [0.3, 0.4) is 0 Å². The highest BCUT2D eigenvalue weighted by Crippen LogP contribution is 2.70. The lowest BCUT2D eigenvalue weighted by molar-refractivity contribution is -0.140. The molecular formula is C54H64F2N10O7S. The minimum Gasteiger partial charge on any atom is -0.491 e. The maximum absolute atomic E-state index is 14.5. The van der Waals surface area contributed by atoms with E-state index in [-0.39, 0.29) is 92.2 Å². The van der Waals surface area contributed by atoms with Gasteiger partial charge in [0.25, 0.3) is 11.8 Å². The molecule has 392 valence electrons. The van der Waals surface area contributed by atoms with Crippen molar-refractivity contribution >= 4 is 46.4 Å². The molecule has 0 bridgehead atoms. The van der Waals surface area contributed by atoms with E-state index in [0.717, 1.165) is 50.5 Å². The molecule has 5 heterocycles. The summed E-state index contributed by atoms with van der Waals surface area (Å²) in [5.74, 6) is -4.01. The van der Waals surface area contributed by atoms with Crippen LogP contribution < -0.4 is 20.7 Å². The summed E-state index contributed by atoms with van der Waals surface area (Å²) < 4.78 is 42.6. The average molecular weight is 1040 g/mol. The molecule has 20 heteroatoms. The number of halogens is 2. The maximum atomic E-state index is 14.5. The standard InChI is InChI=1S/C54H64F2N10O7S/c1-32(57-3)49(69)61-45(33-12-6-4-7-13-33)52(71)65-20-11-18-42(65)51-60-41(31-74-51)48(68)35-16-10-17-38(24-35)73-23-22-72-21-19-44(67)64-28-36(29-64)47(34-14-8-5-9-15-34)66-30-37(27-58-66)59-50(70)46-39-25-43-53(2,54(43,55)56)26-40(39)62-63-46/h5,8-10,14-17,24,27,30-33,36,42-43,45,47,57H,4,6-7,11-13,18-23,25-26,28-29H2,1-3H3,(H,59,70)(H,61,69)(H,62,63)/t32?,42-,43+,45?,47?,53-/m1/s1. The zero-order chi connectivity index (χ0) is 51.7. The summed E-state index contributed by atoms with van der Waals surface area (Å²) in [6.45, 7) is 5.57. The van der Waals surface area contributed by atoms with E-state index < -0.39 is 35.2 Å². The zero-order valence-electron chi connectivity index (χ0n) is 42.0. The molecule has 74 heavy (non-hydrogen) atoms. The van der Waals surface area contributed by atoms with Crippen molar-refractivity contribution in [1.82, 2.24) is 45.4 Å². The number of thiazole rings is 1. The molecule has 2 aliphatic heterocycles. The lowest BCUT2D eigenvalue weighted by Gasteiger charge is -2.43. The normalized spacial score (nSPS) is 22.4. The number of alkyl halides is 2. The molecule has 0 spiro atoms. The number of hydrogen-bond acceptors (Lipinski definition) is 12. The number of ether oxygens (including phenoxy) is 2. The Morgan fingerprint density at radius 3 is 2.54 bits per heavy atom. The van der Waals surface area contributed by atoms with Crippen molar-refractivity contribution in [1.29, 1.82) is 0 Å². The highest BCUT2D eigenvalue weighted by molar-refractivity contribution is 7.10. The molecule has 5 aromatic rings. The molecule has 0 radical (unpaired) electrons. The minimum absolute atomic E-state index is 0.0374. The number of fused-ring (bicyclic) bond motifs is 2. The van der Waals surface area contributed by atoms with Gasteiger partial charge < -0.3 is 35.2 Å². The summed E-state index contributed by atoms with van der Waals surface area (Å²) in [5.41, 5.74) is 2.30. The van der Waals surface area contributed by atoms with Gasteiger partial charge in [0.1, 0.15) is 29.1 Å². The second kappa shape index (κ2) is 21.5. The molecule has 3 unspecified atom stereocenters. The molecule has 17 nitrogen and oxygen atoms in total. The smallest absolute Gasteiger partial charge is 0.276 e.